The van der Waals surface area contributed by atoms with Gasteiger partial charge in [0.15, 0.2) is 0 Å². The largest absolute Gasteiger partial charge is 0.497 e. The number of benzene rings is 2. The van der Waals surface area contributed by atoms with Gasteiger partial charge in [-0.3, -0.25) is 0 Å². The lowest BCUT2D eigenvalue weighted by molar-refractivity contribution is 0.234. The van der Waals surface area contributed by atoms with Crippen LogP contribution in [0.5, 0.6) is 11.5 Å². The Labute approximate surface area is 170 Å². The van der Waals surface area contributed by atoms with Gasteiger partial charge in [-0.25, -0.2) is 9.78 Å². The van der Waals surface area contributed by atoms with Crippen molar-refractivity contribution in [3.05, 3.63) is 72.3 Å². The summed E-state index contributed by atoms with van der Waals surface area (Å²) in [6, 6.07) is 12.8. The number of amides is 2. The Morgan fingerprint density at radius 2 is 1.72 bits per heavy atom. The molecule has 0 radical (unpaired) electrons. The molecule has 7 nitrogen and oxygen atoms in total. The van der Waals surface area contributed by atoms with Crippen LogP contribution in [0.25, 0.3) is 5.69 Å². The van der Waals surface area contributed by atoms with Crippen molar-refractivity contribution < 1.29 is 14.3 Å². The van der Waals surface area contributed by atoms with Gasteiger partial charge in [0, 0.05) is 23.6 Å². The third-order valence-electron chi connectivity index (χ3n) is 4.79. The van der Waals surface area contributed by atoms with Crippen LogP contribution in [0.15, 0.2) is 61.2 Å². The zero-order valence-electron chi connectivity index (χ0n) is 17.0. The van der Waals surface area contributed by atoms with Gasteiger partial charge in [-0.05, 0) is 49.7 Å². The van der Waals surface area contributed by atoms with E-state index in [1.807, 2.05) is 67.1 Å². The van der Waals surface area contributed by atoms with Crippen LogP contribution >= 0.6 is 0 Å². The van der Waals surface area contributed by atoms with Crippen LogP contribution in [0.3, 0.4) is 0 Å². The average molecular weight is 394 g/mol. The average Bonchev–Trinajstić information content (AvgIpc) is 3.28. The van der Waals surface area contributed by atoms with Crippen molar-refractivity contribution in [1.29, 1.82) is 0 Å². The number of hydrogen-bond acceptors (Lipinski definition) is 4. The van der Waals surface area contributed by atoms with E-state index >= 15 is 0 Å². The predicted molar refractivity (Wildman–Crippen MR) is 112 cm³/mol. The molecule has 7 heteroatoms. The first-order chi connectivity index (χ1) is 14.0. The molecule has 2 aromatic carbocycles. The van der Waals surface area contributed by atoms with Gasteiger partial charge in [0.1, 0.15) is 11.5 Å². The molecule has 152 valence electrons. The summed E-state index contributed by atoms with van der Waals surface area (Å²) in [5, 5.41) is 5.93. The van der Waals surface area contributed by atoms with E-state index in [4.69, 9.17) is 9.47 Å². The van der Waals surface area contributed by atoms with Gasteiger partial charge in [-0.1, -0.05) is 12.1 Å². The highest BCUT2D eigenvalue weighted by Gasteiger charge is 2.17. The minimum Gasteiger partial charge on any atom is -0.497 e. The van der Waals surface area contributed by atoms with Crippen LogP contribution in [-0.4, -0.2) is 29.8 Å². The van der Waals surface area contributed by atoms with E-state index in [1.165, 1.54) is 0 Å². The van der Waals surface area contributed by atoms with Crippen molar-refractivity contribution in [2.24, 2.45) is 0 Å². The van der Waals surface area contributed by atoms with Crippen LogP contribution in [0.1, 0.15) is 37.1 Å². The Kier molecular flexibility index (Phi) is 6.39. The maximum atomic E-state index is 12.5. The van der Waals surface area contributed by atoms with Gasteiger partial charge < -0.3 is 24.7 Å². The molecule has 0 unspecified atom stereocenters. The predicted octanol–water partition coefficient (Wildman–Crippen LogP) is 4.01. The summed E-state index contributed by atoms with van der Waals surface area (Å²) in [5.41, 5.74) is 2.87. The molecule has 0 spiro atoms. The Morgan fingerprint density at radius 3 is 2.34 bits per heavy atom. The molecule has 1 aromatic heterocycles. The third kappa shape index (κ3) is 4.87. The number of ether oxygens (including phenoxy) is 2. The molecule has 0 aliphatic heterocycles. The topological polar surface area (TPSA) is 77.4 Å². The van der Waals surface area contributed by atoms with Crippen LogP contribution in [0.4, 0.5) is 4.79 Å². The Bertz CT molecular complexity index is 939. The SMILES string of the molecule is COc1ccc(OC)c([C@@H](C)NC(=O)N[C@H](C)c2ccc(-n3ccnc3)cc2)c1. The monoisotopic (exact) mass is 394 g/mol. The lowest BCUT2D eigenvalue weighted by atomic mass is 10.1. The summed E-state index contributed by atoms with van der Waals surface area (Å²) < 4.78 is 12.6. The van der Waals surface area contributed by atoms with Gasteiger partial charge in [0.05, 0.1) is 32.6 Å². The first-order valence-corrected chi connectivity index (χ1v) is 9.39. The molecule has 2 amide bonds. The minimum absolute atomic E-state index is 0.147. The second kappa shape index (κ2) is 9.14. The Hall–Kier alpha value is -3.48. The molecule has 2 atom stereocenters. The minimum atomic E-state index is -0.256. The highest BCUT2D eigenvalue weighted by molar-refractivity contribution is 5.75. The number of nitrogens with one attached hydrogen (secondary N) is 2. The van der Waals surface area contributed by atoms with E-state index in [1.54, 1.807) is 26.7 Å². The second-order valence-electron chi connectivity index (χ2n) is 6.73. The van der Waals surface area contributed by atoms with E-state index in [-0.39, 0.29) is 18.1 Å². The molecule has 3 rings (SSSR count). The van der Waals surface area contributed by atoms with Gasteiger partial charge in [0.2, 0.25) is 0 Å². The molecule has 0 fully saturated rings. The van der Waals surface area contributed by atoms with Crippen molar-refractivity contribution >= 4 is 6.03 Å². The number of imidazole rings is 1. The number of carbonyl (C=O) groups is 1. The molecule has 29 heavy (non-hydrogen) atoms. The van der Waals surface area contributed by atoms with Crippen LogP contribution < -0.4 is 20.1 Å². The number of nitrogens with zero attached hydrogens (tertiary/aromatic N) is 2. The van der Waals surface area contributed by atoms with Crippen molar-refractivity contribution in [3.8, 4) is 17.2 Å². The highest BCUT2D eigenvalue weighted by Crippen LogP contribution is 2.29. The quantitative estimate of drug-likeness (QED) is 0.635. The first kappa shape index (κ1) is 20.3. The zero-order chi connectivity index (χ0) is 20.8. The van der Waals surface area contributed by atoms with E-state index in [0.29, 0.717) is 11.5 Å². The molecule has 1 heterocycles. The fraction of sp³-hybridized carbons (Fsp3) is 0.273. The fourth-order valence-electron chi connectivity index (χ4n) is 3.12. The van der Waals surface area contributed by atoms with E-state index in [2.05, 4.69) is 15.6 Å². The van der Waals surface area contributed by atoms with Gasteiger partial charge in [0.25, 0.3) is 0 Å². The highest BCUT2D eigenvalue weighted by atomic mass is 16.5. The van der Waals surface area contributed by atoms with Crippen LogP contribution in [-0.2, 0) is 0 Å². The molecular formula is C22H26N4O3. The molecule has 0 saturated carbocycles. The number of rotatable bonds is 7. The van der Waals surface area contributed by atoms with E-state index in [9.17, 15) is 4.79 Å². The standard InChI is InChI=1S/C22H26N4O3/c1-15(17-5-7-18(8-6-17)26-12-11-23-14-26)24-22(27)25-16(2)20-13-19(28-3)9-10-21(20)29-4/h5-16H,1-4H3,(H2,24,25,27)/t15-,16-/m1/s1. The summed E-state index contributed by atoms with van der Waals surface area (Å²) in [5.74, 6) is 1.41. The summed E-state index contributed by atoms with van der Waals surface area (Å²) in [6.45, 7) is 3.85. The Balaban J connectivity index is 1.63. The number of urea groups is 1. The normalized spacial score (nSPS) is 12.7. The van der Waals surface area contributed by atoms with Crippen LogP contribution in [0, 0.1) is 0 Å². The first-order valence-electron chi connectivity index (χ1n) is 9.39. The summed E-state index contributed by atoms with van der Waals surface area (Å²) in [6.07, 6.45) is 5.37. The van der Waals surface area contributed by atoms with Crippen molar-refractivity contribution in [2.45, 2.75) is 25.9 Å². The summed E-state index contributed by atoms with van der Waals surface area (Å²) >= 11 is 0. The van der Waals surface area contributed by atoms with Crippen molar-refractivity contribution in [2.75, 3.05) is 14.2 Å². The van der Waals surface area contributed by atoms with E-state index < -0.39 is 0 Å². The number of aromatic nitrogens is 2. The molecule has 0 aliphatic rings. The number of hydrogen-bond donors (Lipinski definition) is 2. The van der Waals surface area contributed by atoms with Crippen molar-refractivity contribution in [1.82, 2.24) is 20.2 Å². The second-order valence-corrected chi connectivity index (χ2v) is 6.73. The third-order valence-corrected chi connectivity index (χ3v) is 4.79. The van der Waals surface area contributed by atoms with Gasteiger partial charge >= 0.3 is 6.03 Å². The lowest BCUT2D eigenvalue weighted by Gasteiger charge is -2.21. The molecule has 2 N–H and O–H groups in total. The number of carbonyl (C=O) groups excluding carboxylic acids is 1. The van der Waals surface area contributed by atoms with Crippen LogP contribution in [0.2, 0.25) is 0 Å². The lowest BCUT2D eigenvalue weighted by Crippen LogP contribution is -2.38. The fourth-order valence-corrected chi connectivity index (χ4v) is 3.12. The molecule has 3 aromatic rings. The van der Waals surface area contributed by atoms with Gasteiger partial charge in [-0.15, -0.1) is 0 Å². The maximum Gasteiger partial charge on any atom is 0.315 e. The zero-order valence-corrected chi connectivity index (χ0v) is 17.0. The van der Waals surface area contributed by atoms with Crippen molar-refractivity contribution in [3.63, 3.8) is 0 Å². The maximum absolute atomic E-state index is 12.5. The smallest absolute Gasteiger partial charge is 0.315 e. The van der Waals surface area contributed by atoms with Gasteiger partial charge in [-0.2, -0.15) is 0 Å². The molecule has 0 bridgehead atoms. The summed E-state index contributed by atoms with van der Waals surface area (Å²) in [4.78, 5) is 16.6. The summed E-state index contributed by atoms with van der Waals surface area (Å²) in [7, 11) is 3.21. The van der Waals surface area contributed by atoms with E-state index in [0.717, 1.165) is 16.8 Å². The Morgan fingerprint density at radius 1 is 1.00 bits per heavy atom. The molecular weight excluding hydrogens is 368 g/mol. The molecule has 0 aliphatic carbocycles. The number of methoxy groups -OCH3 is 2. The molecule has 0 saturated heterocycles.